The summed E-state index contributed by atoms with van der Waals surface area (Å²) in [5.41, 5.74) is 2.32. The zero-order valence-corrected chi connectivity index (χ0v) is 8.48. The van der Waals surface area contributed by atoms with Crippen LogP contribution < -0.4 is 5.32 Å². The zero-order chi connectivity index (χ0) is 10.8. The van der Waals surface area contributed by atoms with Gasteiger partial charge in [0.25, 0.3) is 0 Å². The quantitative estimate of drug-likeness (QED) is 0.736. The van der Waals surface area contributed by atoms with E-state index in [1.54, 1.807) is 12.4 Å². The molecule has 0 fully saturated rings. The first-order valence-corrected chi connectivity index (χ1v) is 4.49. The summed E-state index contributed by atoms with van der Waals surface area (Å²) in [4.78, 5) is 15.4. The number of aromatic amines is 1. The second-order valence-corrected chi connectivity index (χ2v) is 3.21. The number of carbonyl (C=O) groups excluding carboxylic acids is 1. The number of aromatic nitrogens is 4. The molecule has 1 amide bonds. The van der Waals surface area contributed by atoms with Gasteiger partial charge in [0.1, 0.15) is 6.33 Å². The predicted molar refractivity (Wildman–Crippen MR) is 54.7 cm³/mol. The summed E-state index contributed by atoms with van der Waals surface area (Å²) in [6.07, 6.45) is 4.58. The molecule has 2 N–H and O–H groups in total. The van der Waals surface area contributed by atoms with Crippen LogP contribution in [-0.4, -0.2) is 25.8 Å². The van der Waals surface area contributed by atoms with E-state index in [9.17, 15) is 4.79 Å². The highest BCUT2D eigenvalue weighted by molar-refractivity contribution is 5.91. The van der Waals surface area contributed by atoms with Crippen LogP contribution in [0.25, 0.3) is 0 Å². The monoisotopic (exact) mass is 205 g/mol. The molecule has 0 aliphatic carbocycles. The van der Waals surface area contributed by atoms with E-state index in [0.29, 0.717) is 5.69 Å². The van der Waals surface area contributed by atoms with E-state index in [-0.39, 0.29) is 6.03 Å². The van der Waals surface area contributed by atoms with Crippen LogP contribution >= 0.6 is 0 Å². The predicted octanol–water partition coefficient (Wildman–Crippen LogP) is 1.30. The van der Waals surface area contributed by atoms with Crippen molar-refractivity contribution < 1.29 is 4.79 Å². The maximum atomic E-state index is 11.6. The lowest BCUT2D eigenvalue weighted by atomic mass is 10.3. The van der Waals surface area contributed by atoms with Gasteiger partial charge in [-0.1, -0.05) is 0 Å². The second kappa shape index (κ2) is 3.56. The summed E-state index contributed by atoms with van der Waals surface area (Å²) < 4.78 is 1.37. The van der Waals surface area contributed by atoms with Gasteiger partial charge in [0.2, 0.25) is 0 Å². The highest BCUT2D eigenvalue weighted by Gasteiger charge is 2.10. The summed E-state index contributed by atoms with van der Waals surface area (Å²) in [7, 11) is 0. The zero-order valence-electron chi connectivity index (χ0n) is 8.48. The molecule has 0 aliphatic heterocycles. The summed E-state index contributed by atoms with van der Waals surface area (Å²) in [6.45, 7) is 3.68. The first-order chi connectivity index (χ1) is 7.18. The van der Waals surface area contributed by atoms with Crippen molar-refractivity contribution in [3.8, 4) is 0 Å². The van der Waals surface area contributed by atoms with Gasteiger partial charge in [-0.15, -0.1) is 0 Å². The molecule has 0 saturated carbocycles. The smallest absolute Gasteiger partial charge is 0.304 e. The van der Waals surface area contributed by atoms with Crippen LogP contribution in [0.5, 0.6) is 0 Å². The molecule has 0 unspecified atom stereocenters. The van der Waals surface area contributed by atoms with E-state index in [1.807, 2.05) is 13.8 Å². The van der Waals surface area contributed by atoms with E-state index in [1.165, 1.54) is 10.9 Å². The first kappa shape index (κ1) is 9.45. The number of imidazole rings is 1. The molecule has 78 valence electrons. The van der Waals surface area contributed by atoms with Crippen LogP contribution in [0, 0.1) is 13.8 Å². The van der Waals surface area contributed by atoms with E-state index in [4.69, 9.17) is 0 Å². The number of hydrogen-bond donors (Lipinski definition) is 2. The molecule has 0 saturated heterocycles. The average molecular weight is 205 g/mol. The number of rotatable bonds is 1. The van der Waals surface area contributed by atoms with Gasteiger partial charge in [0.05, 0.1) is 17.1 Å². The number of aryl methyl sites for hydroxylation is 2. The Bertz CT molecular complexity index is 451. The molecule has 15 heavy (non-hydrogen) atoms. The number of H-pyrrole nitrogens is 1. The molecule has 2 rings (SSSR count). The van der Waals surface area contributed by atoms with Gasteiger partial charge in [-0.3, -0.25) is 9.67 Å². The molecule has 0 radical (unpaired) electrons. The molecule has 0 spiro atoms. The maximum Gasteiger partial charge on any atom is 0.331 e. The van der Waals surface area contributed by atoms with Crippen LogP contribution in [0.2, 0.25) is 0 Å². The van der Waals surface area contributed by atoms with Crippen molar-refractivity contribution >= 4 is 11.7 Å². The summed E-state index contributed by atoms with van der Waals surface area (Å²) >= 11 is 0. The Morgan fingerprint density at radius 3 is 2.87 bits per heavy atom. The van der Waals surface area contributed by atoms with Crippen molar-refractivity contribution in [1.82, 2.24) is 19.7 Å². The number of anilines is 1. The third-order valence-electron chi connectivity index (χ3n) is 2.10. The fraction of sp³-hybridized carbons (Fsp3) is 0.222. The lowest BCUT2D eigenvalue weighted by molar-refractivity contribution is 0.253. The van der Waals surface area contributed by atoms with Crippen molar-refractivity contribution in [2.24, 2.45) is 0 Å². The standard InChI is InChI=1S/C9H11N5O/c1-6-8(7(2)13-12-6)11-9(15)14-4-3-10-5-14/h3-5H,1-2H3,(H,11,15)(H,12,13). The molecular weight excluding hydrogens is 194 g/mol. The number of hydrogen-bond acceptors (Lipinski definition) is 3. The van der Waals surface area contributed by atoms with Crippen LogP contribution in [-0.2, 0) is 0 Å². The molecule has 6 heteroatoms. The first-order valence-electron chi connectivity index (χ1n) is 4.49. The van der Waals surface area contributed by atoms with Crippen molar-refractivity contribution in [2.75, 3.05) is 5.32 Å². The van der Waals surface area contributed by atoms with Crippen molar-refractivity contribution in [1.29, 1.82) is 0 Å². The SMILES string of the molecule is Cc1n[nH]c(C)c1NC(=O)n1ccnc1. The van der Waals surface area contributed by atoms with Gasteiger partial charge in [-0.2, -0.15) is 5.10 Å². The average Bonchev–Trinajstić information content (AvgIpc) is 2.82. The lowest BCUT2D eigenvalue weighted by Gasteiger charge is -2.04. The molecule has 2 aromatic heterocycles. The van der Waals surface area contributed by atoms with E-state index in [2.05, 4.69) is 20.5 Å². The van der Waals surface area contributed by atoms with Crippen LogP contribution in [0.1, 0.15) is 11.4 Å². The second-order valence-electron chi connectivity index (χ2n) is 3.21. The minimum atomic E-state index is -0.250. The van der Waals surface area contributed by atoms with Gasteiger partial charge in [-0.05, 0) is 13.8 Å². The molecule has 6 nitrogen and oxygen atoms in total. The Balaban J connectivity index is 2.20. The largest absolute Gasteiger partial charge is 0.331 e. The normalized spacial score (nSPS) is 10.3. The van der Waals surface area contributed by atoms with Crippen LogP contribution in [0.15, 0.2) is 18.7 Å². The molecule has 2 heterocycles. The molecular formula is C9H11N5O. The van der Waals surface area contributed by atoms with Crippen molar-refractivity contribution in [3.05, 3.63) is 30.1 Å². The maximum absolute atomic E-state index is 11.6. The highest BCUT2D eigenvalue weighted by atomic mass is 16.2. The van der Waals surface area contributed by atoms with Crippen molar-refractivity contribution in [3.63, 3.8) is 0 Å². The Morgan fingerprint density at radius 2 is 2.33 bits per heavy atom. The number of carbonyl (C=O) groups is 1. The fourth-order valence-corrected chi connectivity index (χ4v) is 1.29. The summed E-state index contributed by atoms with van der Waals surface area (Å²) in [5.74, 6) is 0. The molecule has 0 aromatic carbocycles. The fourth-order valence-electron chi connectivity index (χ4n) is 1.29. The van der Waals surface area contributed by atoms with Crippen LogP contribution in [0.4, 0.5) is 10.5 Å². The molecule has 0 aliphatic rings. The number of nitrogens with one attached hydrogen (secondary N) is 2. The van der Waals surface area contributed by atoms with E-state index >= 15 is 0 Å². The van der Waals surface area contributed by atoms with Gasteiger partial charge in [0, 0.05) is 12.4 Å². The Morgan fingerprint density at radius 1 is 1.53 bits per heavy atom. The number of nitrogens with zero attached hydrogens (tertiary/aromatic N) is 3. The van der Waals surface area contributed by atoms with Gasteiger partial charge in [0.15, 0.2) is 0 Å². The summed E-state index contributed by atoms with van der Waals surface area (Å²) in [6, 6.07) is -0.250. The highest BCUT2D eigenvalue weighted by Crippen LogP contribution is 2.15. The Labute approximate surface area is 86.3 Å². The Hall–Kier alpha value is -2.11. The summed E-state index contributed by atoms with van der Waals surface area (Å²) in [5, 5.41) is 9.54. The van der Waals surface area contributed by atoms with Crippen molar-refractivity contribution in [2.45, 2.75) is 13.8 Å². The minimum absolute atomic E-state index is 0.250. The third kappa shape index (κ3) is 1.74. The molecule has 0 atom stereocenters. The van der Waals surface area contributed by atoms with E-state index in [0.717, 1.165) is 11.4 Å². The lowest BCUT2D eigenvalue weighted by Crippen LogP contribution is -2.18. The van der Waals surface area contributed by atoms with E-state index < -0.39 is 0 Å². The topological polar surface area (TPSA) is 75.6 Å². The van der Waals surface area contributed by atoms with Crippen LogP contribution in [0.3, 0.4) is 0 Å². The van der Waals surface area contributed by atoms with Gasteiger partial charge < -0.3 is 5.32 Å². The molecule has 0 bridgehead atoms. The molecule has 2 aromatic rings. The Kier molecular flexibility index (Phi) is 2.24. The minimum Gasteiger partial charge on any atom is -0.304 e. The number of amides is 1. The van der Waals surface area contributed by atoms with Gasteiger partial charge in [-0.25, -0.2) is 9.78 Å². The third-order valence-corrected chi connectivity index (χ3v) is 2.10. The van der Waals surface area contributed by atoms with Gasteiger partial charge >= 0.3 is 6.03 Å².